The van der Waals surface area contributed by atoms with E-state index in [0.29, 0.717) is 6.54 Å². The first kappa shape index (κ1) is 11.1. The maximum Gasteiger partial charge on any atom is 0.140 e. The molecule has 80 valence electrons. The average Bonchev–Trinajstić information content (AvgIpc) is 2.62. The van der Waals surface area contributed by atoms with Gasteiger partial charge >= 0.3 is 0 Å². The van der Waals surface area contributed by atoms with Gasteiger partial charge in [0.15, 0.2) is 0 Å². The number of aromatic nitrogens is 3. The van der Waals surface area contributed by atoms with Crippen LogP contribution in [0.3, 0.4) is 0 Å². The van der Waals surface area contributed by atoms with Crippen LogP contribution in [-0.2, 0) is 13.1 Å². The van der Waals surface area contributed by atoms with Crippen LogP contribution in [0.1, 0.15) is 26.6 Å². The Hall–Kier alpha value is -0.940. The van der Waals surface area contributed by atoms with Crippen molar-refractivity contribution < 1.29 is 5.11 Å². The highest BCUT2D eigenvalue weighted by molar-refractivity contribution is 4.87. The molecule has 0 saturated carbocycles. The summed E-state index contributed by atoms with van der Waals surface area (Å²) in [5, 5.41) is 16.3. The quantitative estimate of drug-likeness (QED) is 0.707. The third kappa shape index (κ3) is 2.78. The minimum Gasteiger partial charge on any atom is -0.394 e. The molecule has 5 nitrogen and oxygen atoms in total. The number of aryl methyl sites for hydroxylation is 1. The normalized spacial score (nSPS) is 12.0. The van der Waals surface area contributed by atoms with Crippen LogP contribution in [0.25, 0.3) is 0 Å². The summed E-state index contributed by atoms with van der Waals surface area (Å²) in [7, 11) is 0. The monoisotopic (exact) mass is 198 g/mol. The lowest BCUT2D eigenvalue weighted by Crippen LogP contribution is -2.42. The van der Waals surface area contributed by atoms with Crippen LogP contribution >= 0.6 is 0 Å². The predicted molar refractivity (Wildman–Crippen MR) is 53.7 cm³/mol. The molecule has 0 aliphatic carbocycles. The topological polar surface area (TPSA) is 63.0 Å². The van der Waals surface area contributed by atoms with Crippen molar-refractivity contribution in [2.45, 2.75) is 39.4 Å². The first-order chi connectivity index (χ1) is 6.59. The van der Waals surface area contributed by atoms with E-state index in [2.05, 4.69) is 15.4 Å². The Balaban J connectivity index is 2.53. The van der Waals surface area contributed by atoms with Gasteiger partial charge in [-0.05, 0) is 20.8 Å². The van der Waals surface area contributed by atoms with E-state index < -0.39 is 0 Å². The molecule has 0 amide bonds. The lowest BCUT2D eigenvalue weighted by atomic mass is 10.1. The lowest BCUT2D eigenvalue weighted by molar-refractivity contribution is 0.186. The average molecular weight is 198 g/mol. The van der Waals surface area contributed by atoms with E-state index >= 15 is 0 Å². The molecule has 0 bridgehead atoms. The zero-order valence-electron chi connectivity index (χ0n) is 8.99. The highest BCUT2D eigenvalue weighted by Gasteiger charge is 2.16. The van der Waals surface area contributed by atoms with Crippen molar-refractivity contribution in [3.63, 3.8) is 0 Å². The van der Waals surface area contributed by atoms with Crippen LogP contribution in [0.5, 0.6) is 0 Å². The molecular weight excluding hydrogens is 180 g/mol. The molecule has 0 aromatic carbocycles. The third-order valence-corrected chi connectivity index (χ3v) is 2.12. The van der Waals surface area contributed by atoms with Gasteiger partial charge in [0, 0.05) is 12.1 Å². The molecular formula is C9H18N4O. The van der Waals surface area contributed by atoms with Gasteiger partial charge in [-0.15, -0.1) is 0 Å². The Labute approximate surface area is 84.2 Å². The van der Waals surface area contributed by atoms with E-state index in [4.69, 9.17) is 5.11 Å². The Bertz CT molecular complexity index is 282. The first-order valence-electron chi connectivity index (χ1n) is 4.81. The second-order valence-electron chi connectivity index (χ2n) is 3.89. The molecule has 1 rings (SSSR count). The van der Waals surface area contributed by atoms with Gasteiger partial charge < -0.3 is 10.4 Å². The van der Waals surface area contributed by atoms with Crippen LogP contribution in [0, 0.1) is 0 Å². The van der Waals surface area contributed by atoms with E-state index in [-0.39, 0.29) is 12.1 Å². The van der Waals surface area contributed by atoms with Gasteiger partial charge in [-0.25, -0.2) is 9.67 Å². The molecule has 0 aliphatic heterocycles. The highest BCUT2D eigenvalue weighted by atomic mass is 16.3. The second-order valence-corrected chi connectivity index (χ2v) is 3.89. The zero-order chi connectivity index (χ0) is 10.6. The lowest BCUT2D eigenvalue weighted by Gasteiger charge is -2.23. The number of aliphatic hydroxyl groups excluding tert-OH is 1. The van der Waals surface area contributed by atoms with Gasteiger partial charge in [0.25, 0.3) is 0 Å². The van der Waals surface area contributed by atoms with Crippen molar-refractivity contribution in [3.8, 4) is 0 Å². The maximum absolute atomic E-state index is 9.04. The summed E-state index contributed by atoms with van der Waals surface area (Å²) in [6.07, 6.45) is 1.55. The van der Waals surface area contributed by atoms with Crippen molar-refractivity contribution in [2.75, 3.05) is 6.61 Å². The Kier molecular flexibility index (Phi) is 3.60. The predicted octanol–water partition coefficient (Wildman–Crippen LogP) is 0.158. The summed E-state index contributed by atoms with van der Waals surface area (Å²) in [4.78, 5) is 4.13. The molecule has 0 fully saturated rings. The molecule has 1 aromatic rings. The number of rotatable bonds is 5. The fourth-order valence-corrected chi connectivity index (χ4v) is 1.06. The minimum absolute atomic E-state index is 0.104. The van der Waals surface area contributed by atoms with Crippen molar-refractivity contribution in [2.24, 2.45) is 0 Å². The number of hydrogen-bond donors (Lipinski definition) is 2. The van der Waals surface area contributed by atoms with Gasteiger partial charge in [-0.2, -0.15) is 5.10 Å². The van der Waals surface area contributed by atoms with Crippen molar-refractivity contribution in [3.05, 3.63) is 12.2 Å². The molecule has 14 heavy (non-hydrogen) atoms. The van der Waals surface area contributed by atoms with Crippen LogP contribution in [-0.4, -0.2) is 32.0 Å². The standard InChI is InChI=1S/C9H18N4O/c1-4-13-8(10-7-12-13)5-11-9(2,3)6-14/h7,11,14H,4-6H2,1-3H3. The van der Waals surface area contributed by atoms with E-state index in [0.717, 1.165) is 12.4 Å². The molecule has 0 radical (unpaired) electrons. The van der Waals surface area contributed by atoms with Crippen molar-refractivity contribution in [1.82, 2.24) is 20.1 Å². The number of hydrogen-bond acceptors (Lipinski definition) is 4. The summed E-state index contributed by atoms with van der Waals surface area (Å²) in [5.74, 6) is 0.897. The second kappa shape index (κ2) is 4.52. The van der Waals surface area contributed by atoms with Gasteiger partial charge in [0.1, 0.15) is 12.2 Å². The van der Waals surface area contributed by atoms with Gasteiger partial charge in [0.2, 0.25) is 0 Å². The number of aliphatic hydroxyl groups is 1. The van der Waals surface area contributed by atoms with E-state index in [9.17, 15) is 0 Å². The molecule has 0 atom stereocenters. The molecule has 5 heteroatoms. The van der Waals surface area contributed by atoms with Crippen LogP contribution in [0.15, 0.2) is 6.33 Å². The number of nitrogens with one attached hydrogen (secondary N) is 1. The van der Waals surface area contributed by atoms with Gasteiger partial charge in [0.05, 0.1) is 13.2 Å². The largest absolute Gasteiger partial charge is 0.394 e. The number of nitrogens with zero attached hydrogens (tertiary/aromatic N) is 3. The summed E-state index contributed by atoms with van der Waals surface area (Å²) in [5.41, 5.74) is -0.273. The molecule has 0 saturated heterocycles. The van der Waals surface area contributed by atoms with Crippen molar-refractivity contribution >= 4 is 0 Å². The van der Waals surface area contributed by atoms with Gasteiger partial charge in [-0.1, -0.05) is 0 Å². The molecule has 0 aliphatic rings. The Morgan fingerprint density at radius 1 is 1.57 bits per heavy atom. The summed E-state index contributed by atoms with van der Waals surface area (Å²) in [6, 6.07) is 0. The Morgan fingerprint density at radius 2 is 2.29 bits per heavy atom. The molecule has 1 heterocycles. The summed E-state index contributed by atoms with van der Waals surface area (Å²) < 4.78 is 1.83. The van der Waals surface area contributed by atoms with E-state index in [1.165, 1.54) is 0 Å². The van der Waals surface area contributed by atoms with Gasteiger partial charge in [-0.3, -0.25) is 0 Å². The fourth-order valence-electron chi connectivity index (χ4n) is 1.06. The van der Waals surface area contributed by atoms with Crippen LogP contribution < -0.4 is 5.32 Å². The Morgan fingerprint density at radius 3 is 2.86 bits per heavy atom. The summed E-state index contributed by atoms with van der Waals surface area (Å²) in [6.45, 7) is 7.46. The van der Waals surface area contributed by atoms with E-state index in [1.54, 1.807) is 6.33 Å². The van der Waals surface area contributed by atoms with E-state index in [1.807, 2.05) is 25.5 Å². The molecule has 0 unspecified atom stereocenters. The SMILES string of the molecule is CCn1ncnc1CNC(C)(C)CO. The molecule has 1 aromatic heterocycles. The fraction of sp³-hybridized carbons (Fsp3) is 0.778. The van der Waals surface area contributed by atoms with Crippen LogP contribution in [0.4, 0.5) is 0 Å². The molecule has 0 spiro atoms. The maximum atomic E-state index is 9.04. The third-order valence-electron chi connectivity index (χ3n) is 2.12. The highest BCUT2D eigenvalue weighted by Crippen LogP contribution is 2.02. The zero-order valence-corrected chi connectivity index (χ0v) is 8.99. The smallest absolute Gasteiger partial charge is 0.140 e. The summed E-state index contributed by atoms with van der Waals surface area (Å²) >= 11 is 0. The van der Waals surface area contributed by atoms with Crippen molar-refractivity contribution in [1.29, 1.82) is 0 Å². The minimum atomic E-state index is -0.273. The first-order valence-corrected chi connectivity index (χ1v) is 4.81. The van der Waals surface area contributed by atoms with Crippen LogP contribution in [0.2, 0.25) is 0 Å². The molecule has 2 N–H and O–H groups in total.